The van der Waals surface area contributed by atoms with Gasteiger partial charge in [0, 0.05) is 17.2 Å². The highest BCUT2D eigenvalue weighted by Crippen LogP contribution is 2.25. The topological polar surface area (TPSA) is 62.8 Å². The molecule has 0 bridgehead atoms. The summed E-state index contributed by atoms with van der Waals surface area (Å²) >= 11 is 0. The Morgan fingerprint density at radius 3 is 2.67 bits per heavy atom. The van der Waals surface area contributed by atoms with E-state index in [1.165, 1.54) is 0 Å². The molecular formula is C23H17NO3. The molecule has 0 saturated heterocycles. The summed E-state index contributed by atoms with van der Waals surface area (Å²) in [5.74, 6) is 0.215. The maximum atomic E-state index is 12.4. The fourth-order valence-corrected chi connectivity index (χ4v) is 2.95. The molecule has 0 saturated carbocycles. The number of benzene rings is 3. The zero-order valence-electron chi connectivity index (χ0n) is 14.7. The van der Waals surface area contributed by atoms with Gasteiger partial charge in [0.1, 0.15) is 11.3 Å². The van der Waals surface area contributed by atoms with Gasteiger partial charge < -0.3 is 9.52 Å². The van der Waals surface area contributed by atoms with Crippen LogP contribution in [-0.4, -0.2) is 11.3 Å². The van der Waals surface area contributed by atoms with Gasteiger partial charge in [-0.2, -0.15) is 0 Å². The summed E-state index contributed by atoms with van der Waals surface area (Å²) in [5, 5.41) is 11.0. The van der Waals surface area contributed by atoms with Gasteiger partial charge in [-0.25, -0.2) is 4.79 Å². The molecule has 0 fully saturated rings. The van der Waals surface area contributed by atoms with Crippen LogP contribution in [0.15, 0.2) is 87.0 Å². The van der Waals surface area contributed by atoms with Gasteiger partial charge in [0.15, 0.2) is 0 Å². The molecule has 0 radical (unpaired) electrons. The van der Waals surface area contributed by atoms with E-state index in [2.05, 4.69) is 4.99 Å². The number of para-hydroxylation sites is 2. The first-order valence-corrected chi connectivity index (χ1v) is 8.58. The predicted molar refractivity (Wildman–Crippen MR) is 108 cm³/mol. The summed E-state index contributed by atoms with van der Waals surface area (Å²) in [6.07, 6.45) is 1.62. The van der Waals surface area contributed by atoms with Gasteiger partial charge in [-0.3, -0.25) is 4.99 Å². The standard InChI is InChI=1S/C23H17NO3/c1-15-6-4-9-18(22(15)25)14-24-19-10-5-8-16(12-19)20-13-17-7-2-3-11-21(17)27-23(20)26/h2-14,25H,1H3. The number of aliphatic imine (C=N–C) groups is 1. The SMILES string of the molecule is Cc1cccc(C=Nc2cccc(-c3cc4ccccc4oc3=O)c2)c1O. The van der Waals surface area contributed by atoms with Crippen LogP contribution in [0.3, 0.4) is 0 Å². The minimum Gasteiger partial charge on any atom is -0.507 e. The molecule has 4 rings (SSSR count). The zero-order chi connectivity index (χ0) is 18.8. The lowest BCUT2D eigenvalue weighted by molar-refractivity contribution is 0.470. The molecule has 4 heteroatoms. The Morgan fingerprint density at radius 2 is 1.78 bits per heavy atom. The predicted octanol–water partition coefficient (Wildman–Crippen LogP) is 5.22. The van der Waals surface area contributed by atoms with Crippen LogP contribution in [0.25, 0.3) is 22.1 Å². The van der Waals surface area contributed by atoms with Crippen LogP contribution in [0, 0.1) is 6.92 Å². The van der Waals surface area contributed by atoms with Crippen molar-refractivity contribution in [2.45, 2.75) is 6.92 Å². The lowest BCUT2D eigenvalue weighted by Gasteiger charge is -2.04. The van der Waals surface area contributed by atoms with Crippen molar-refractivity contribution in [3.63, 3.8) is 0 Å². The molecule has 0 unspecified atom stereocenters. The van der Waals surface area contributed by atoms with Crippen molar-refractivity contribution in [2.75, 3.05) is 0 Å². The normalized spacial score (nSPS) is 11.3. The fourth-order valence-electron chi connectivity index (χ4n) is 2.95. The van der Waals surface area contributed by atoms with E-state index in [4.69, 9.17) is 4.42 Å². The monoisotopic (exact) mass is 355 g/mol. The van der Waals surface area contributed by atoms with Crippen molar-refractivity contribution in [2.24, 2.45) is 4.99 Å². The van der Waals surface area contributed by atoms with Crippen molar-refractivity contribution >= 4 is 22.9 Å². The fraction of sp³-hybridized carbons (Fsp3) is 0.0435. The van der Waals surface area contributed by atoms with E-state index in [-0.39, 0.29) is 11.4 Å². The second kappa shape index (κ2) is 6.92. The first kappa shape index (κ1) is 16.8. The molecular weight excluding hydrogens is 338 g/mol. The third kappa shape index (κ3) is 3.37. The van der Waals surface area contributed by atoms with Crippen LogP contribution in [-0.2, 0) is 0 Å². The lowest BCUT2D eigenvalue weighted by Crippen LogP contribution is -2.02. The van der Waals surface area contributed by atoms with Crippen molar-refractivity contribution in [1.82, 2.24) is 0 Å². The Bertz CT molecular complexity index is 1220. The molecule has 0 aliphatic carbocycles. The molecule has 27 heavy (non-hydrogen) atoms. The Kier molecular flexibility index (Phi) is 4.30. The minimum atomic E-state index is -0.383. The molecule has 0 aliphatic rings. The van der Waals surface area contributed by atoms with Gasteiger partial charge in [0.2, 0.25) is 0 Å². The summed E-state index contributed by atoms with van der Waals surface area (Å²) in [6.45, 7) is 1.84. The van der Waals surface area contributed by atoms with E-state index < -0.39 is 0 Å². The largest absolute Gasteiger partial charge is 0.507 e. The highest BCUT2D eigenvalue weighted by Gasteiger charge is 2.08. The molecule has 3 aromatic carbocycles. The van der Waals surface area contributed by atoms with E-state index in [0.717, 1.165) is 16.5 Å². The smallest absolute Gasteiger partial charge is 0.344 e. The van der Waals surface area contributed by atoms with Crippen LogP contribution in [0.4, 0.5) is 5.69 Å². The number of rotatable bonds is 3. The number of phenols is 1. The van der Waals surface area contributed by atoms with Gasteiger partial charge >= 0.3 is 5.63 Å². The lowest BCUT2D eigenvalue weighted by atomic mass is 10.1. The molecule has 132 valence electrons. The van der Waals surface area contributed by atoms with Gasteiger partial charge in [0.25, 0.3) is 0 Å². The zero-order valence-corrected chi connectivity index (χ0v) is 14.7. The molecule has 0 aliphatic heterocycles. The van der Waals surface area contributed by atoms with E-state index in [1.807, 2.05) is 67.6 Å². The quantitative estimate of drug-likeness (QED) is 0.404. The highest BCUT2D eigenvalue weighted by atomic mass is 16.4. The molecule has 0 amide bonds. The Hall–Kier alpha value is -3.66. The third-order valence-electron chi connectivity index (χ3n) is 4.42. The van der Waals surface area contributed by atoms with Crippen molar-refractivity contribution in [1.29, 1.82) is 0 Å². The van der Waals surface area contributed by atoms with E-state index in [9.17, 15) is 9.90 Å². The first-order valence-electron chi connectivity index (χ1n) is 8.58. The maximum absolute atomic E-state index is 12.4. The van der Waals surface area contributed by atoms with Gasteiger partial charge in [-0.1, -0.05) is 42.5 Å². The van der Waals surface area contributed by atoms with Crippen LogP contribution < -0.4 is 5.63 Å². The van der Waals surface area contributed by atoms with E-state index >= 15 is 0 Å². The second-order valence-electron chi connectivity index (χ2n) is 6.31. The third-order valence-corrected chi connectivity index (χ3v) is 4.42. The van der Waals surface area contributed by atoms with Crippen molar-refractivity contribution < 1.29 is 9.52 Å². The van der Waals surface area contributed by atoms with Gasteiger partial charge in [-0.15, -0.1) is 0 Å². The average Bonchev–Trinajstić information content (AvgIpc) is 2.69. The molecule has 1 aromatic heterocycles. The van der Waals surface area contributed by atoms with Crippen LogP contribution in [0.1, 0.15) is 11.1 Å². The number of phenolic OH excluding ortho intramolecular Hbond substituents is 1. The van der Waals surface area contributed by atoms with Gasteiger partial charge in [-0.05, 0) is 48.4 Å². The van der Waals surface area contributed by atoms with Crippen LogP contribution in [0.5, 0.6) is 5.75 Å². The van der Waals surface area contributed by atoms with E-state index in [1.54, 1.807) is 18.3 Å². The summed E-state index contributed by atoms with van der Waals surface area (Å²) in [6, 6.07) is 22.1. The molecule has 4 aromatic rings. The average molecular weight is 355 g/mol. The molecule has 0 atom stereocenters. The maximum Gasteiger partial charge on any atom is 0.344 e. The van der Waals surface area contributed by atoms with Crippen molar-refractivity contribution in [3.05, 3.63) is 94.3 Å². The number of hydrogen-bond donors (Lipinski definition) is 1. The van der Waals surface area contributed by atoms with E-state index in [0.29, 0.717) is 22.4 Å². The molecule has 1 N–H and O–H groups in total. The Labute approximate surface area is 156 Å². The Balaban J connectivity index is 1.73. The number of nitrogens with zero attached hydrogens (tertiary/aromatic N) is 1. The van der Waals surface area contributed by atoms with Crippen LogP contribution in [0.2, 0.25) is 0 Å². The number of aryl methyl sites for hydroxylation is 1. The van der Waals surface area contributed by atoms with Crippen molar-refractivity contribution in [3.8, 4) is 16.9 Å². The Morgan fingerprint density at radius 1 is 0.963 bits per heavy atom. The summed E-state index contributed by atoms with van der Waals surface area (Å²) in [5.41, 5.74) is 3.52. The summed E-state index contributed by atoms with van der Waals surface area (Å²) < 4.78 is 5.42. The summed E-state index contributed by atoms with van der Waals surface area (Å²) in [7, 11) is 0. The molecule has 0 spiro atoms. The second-order valence-corrected chi connectivity index (χ2v) is 6.31. The van der Waals surface area contributed by atoms with Gasteiger partial charge in [0.05, 0.1) is 11.3 Å². The van der Waals surface area contributed by atoms with Crippen LogP contribution >= 0.6 is 0 Å². The highest BCUT2D eigenvalue weighted by molar-refractivity contribution is 5.86. The first-order chi connectivity index (χ1) is 13.1. The molecule has 1 heterocycles. The number of hydrogen-bond acceptors (Lipinski definition) is 4. The molecule has 4 nitrogen and oxygen atoms in total. The minimum absolute atomic E-state index is 0.215. The number of fused-ring (bicyclic) bond motifs is 1. The summed E-state index contributed by atoms with van der Waals surface area (Å²) in [4.78, 5) is 16.8. The number of aromatic hydroxyl groups is 1.